The quantitative estimate of drug-likeness (QED) is 0.841. The van der Waals surface area contributed by atoms with Crippen molar-refractivity contribution in [2.24, 2.45) is 11.7 Å². The topological polar surface area (TPSA) is 29.3 Å². The Hall–Kier alpha value is -1.02. The van der Waals surface area contributed by atoms with Gasteiger partial charge in [0.1, 0.15) is 0 Å². The number of hydrogen-bond acceptors (Lipinski definition) is 2. The Bertz CT molecular complexity index is 323. The third kappa shape index (κ3) is 2.38. The van der Waals surface area contributed by atoms with Gasteiger partial charge in [-0.3, -0.25) is 0 Å². The highest BCUT2D eigenvalue weighted by atomic mass is 15.1. The van der Waals surface area contributed by atoms with E-state index in [9.17, 15) is 0 Å². The van der Waals surface area contributed by atoms with Crippen molar-refractivity contribution in [3.05, 3.63) is 29.8 Å². The molecule has 2 heteroatoms. The molecule has 0 radical (unpaired) electrons. The summed E-state index contributed by atoms with van der Waals surface area (Å²) in [6, 6.07) is 8.98. The van der Waals surface area contributed by atoms with E-state index < -0.39 is 0 Å². The zero-order valence-corrected chi connectivity index (χ0v) is 10.3. The molecule has 0 bridgehead atoms. The van der Waals surface area contributed by atoms with Crippen molar-refractivity contribution >= 4 is 5.69 Å². The lowest BCUT2D eigenvalue weighted by molar-refractivity contribution is 0.251. The highest BCUT2D eigenvalue weighted by molar-refractivity contribution is 5.46. The fourth-order valence-electron chi connectivity index (χ4n) is 2.52. The highest BCUT2D eigenvalue weighted by Crippen LogP contribution is 2.43. The van der Waals surface area contributed by atoms with E-state index in [2.05, 4.69) is 43.3 Å². The van der Waals surface area contributed by atoms with Gasteiger partial charge in [0, 0.05) is 19.8 Å². The second-order valence-corrected chi connectivity index (χ2v) is 5.10. The Balaban J connectivity index is 1.92. The van der Waals surface area contributed by atoms with Gasteiger partial charge in [0.2, 0.25) is 0 Å². The van der Waals surface area contributed by atoms with Crippen molar-refractivity contribution in [1.29, 1.82) is 0 Å². The largest absolute Gasteiger partial charge is 0.378 e. The molecule has 0 atom stereocenters. The van der Waals surface area contributed by atoms with Gasteiger partial charge in [0.05, 0.1) is 0 Å². The molecule has 2 nitrogen and oxygen atoms in total. The summed E-state index contributed by atoms with van der Waals surface area (Å²) in [5, 5.41) is 0. The van der Waals surface area contributed by atoms with Crippen LogP contribution in [-0.4, -0.2) is 20.6 Å². The second kappa shape index (κ2) is 4.88. The first-order chi connectivity index (χ1) is 7.70. The number of hydrogen-bond donors (Lipinski definition) is 1. The van der Waals surface area contributed by atoms with Crippen LogP contribution >= 0.6 is 0 Å². The molecule has 2 N–H and O–H groups in total. The number of nitrogens with zero attached hydrogens (tertiary/aromatic N) is 1. The van der Waals surface area contributed by atoms with Gasteiger partial charge >= 0.3 is 0 Å². The van der Waals surface area contributed by atoms with Gasteiger partial charge in [-0.05, 0) is 55.3 Å². The number of anilines is 1. The normalized spacial score (nSPS) is 23.9. The van der Waals surface area contributed by atoms with Crippen LogP contribution in [0.3, 0.4) is 0 Å². The van der Waals surface area contributed by atoms with E-state index >= 15 is 0 Å². The smallest absolute Gasteiger partial charge is 0.0361 e. The predicted octanol–water partition coefficient (Wildman–Crippen LogP) is 2.60. The summed E-state index contributed by atoms with van der Waals surface area (Å²) in [5.74, 6) is 1.66. The summed E-state index contributed by atoms with van der Waals surface area (Å²) < 4.78 is 0. The second-order valence-electron chi connectivity index (χ2n) is 5.10. The van der Waals surface area contributed by atoms with Crippen molar-refractivity contribution in [2.45, 2.75) is 25.2 Å². The van der Waals surface area contributed by atoms with E-state index in [-0.39, 0.29) is 0 Å². The molecule has 1 aromatic rings. The zero-order valence-electron chi connectivity index (χ0n) is 10.3. The van der Waals surface area contributed by atoms with Crippen LogP contribution in [0.15, 0.2) is 24.3 Å². The van der Waals surface area contributed by atoms with Crippen LogP contribution in [0, 0.1) is 5.92 Å². The van der Waals surface area contributed by atoms with Crippen molar-refractivity contribution in [1.82, 2.24) is 0 Å². The molecule has 1 fully saturated rings. The molecule has 1 aromatic carbocycles. The van der Waals surface area contributed by atoms with E-state index in [0.717, 1.165) is 18.4 Å². The van der Waals surface area contributed by atoms with Crippen LogP contribution in [0.25, 0.3) is 0 Å². The summed E-state index contributed by atoms with van der Waals surface area (Å²) in [6.07, 6.45) is 3.86. The Kier molecular flexibility index (Phi) is 3.49. The van der Waals surface area contributed by atoms with Gasteiger partial charge in [-0.1, -0.05) is 12.1 Å². The maximum absolute atomic E-state index is 5.57. The van der Waals surface area contributed by atoms with Gasteiger partial charge in [-0.2, -0.15) is 0 Å². The maximum atomic E-state index is 5.57. The summed E-state index contributed by atoms with van der Waals surface area (Å²) in [7, 11) is 4.16. The molecule has 0 spiro atoms. The molecule has 1 aliphatic carbocycles. The van der Waals surface area contributed by atoms with Crippen LogP contribution < -0.4 is 10.6 Å². The first kappa shape index (κ1) is 11.5. The first-order valence-corrected chi connectivity index (χ1v) is 6.18. The average Bonchev–Trinajstić information content (AvgIpc) is 2.23. The Morgan fingerprint density at radius 3 is 2.31 bits per heavy atom. The molecule has 1 aliphatic rings. The minimum absolute atomic E-state index is 0.785. The highest BCUT2D eigenvalue weighted by Gasteiger charge is 2.29. The molecule has 0 unspecified atom stereocenters. The minimum atomic E-state index is 0.785. The molecule has 0 amide bonds. The first-order valence-electron chi connectivity index (χ1n) is 6.18. The van der Waals surface area contributed by atoms with E-state index in [1.807, 2.05) is 0 Å². The molecule has 2 rings (SSSR count). The molecule has 16 heavy (non-hydrogen) atoms. The lowest BCUT2D eigenvalue weighted by atomic mass is 9.70. The molecule has 0 aromatic heterocycles. The lowest BCUT2D eigenvalue weighted by Crippen LogP contribution is -2.24. The summed E-state index contributed by atoms with van der Waals surface area (Å²) in [6.45, 7) is 0.844. The van der Waals surface area contributed by atoms with Gasteiger partial charge in [0.15, 0.2) is 0 Å². The third-order valence-corrected chi connectivity index (χ3v) is 3.69. The van der Waals surface area contributed by atoms with Gasteiger partial charge in [0.25, 0.3) is 0 Å². The van der Waals surface area contributed by atoms with Gasteiger partial charge in [-0.25, -0.2) is 0 Å². The van der Waals surface area contributed by atoms with Crippen molar-refractivity contribution in [3.8, 4) is 0 Å². The monoisotopic (exact) mass is 218 g/mol. The van der Waals surface area contributed by atoms with E-state index in [0.29, 0.717) is 0 Å². The number of nitrogens with two attached hydrogens (primary N) is 1. The zero-order chi connectivity index (χ0) is 11.5. The fraction of sp³-hybridized carbons (Fsp3) is 0.571. The number of rotatable bonds is 4. The van der Waals surface area contributed by atoms with E-state index in [1.54, 1.807) is 0 Å². The van der Waals surface area contributed by atoms with Gasteiger partial charge < -0.3 is 10.6 Å². The Morgan fingerprint density at radius 1 is 1.19 bits per heavy atom. The van der Waals surface area contributed by atoms with Gasteiger partial charge in [-0.15, -0.1) is 0 Å². The molecule has 88 valence electrons. The van der Waals surface area contributed by atoms with Crippen molar-refractivity contribution in [3.63, 3.8) is 0 Å². The summed E-state index contributed by atoms with van der Waals surface area (Å²) in [4.78, 5) is 2.14. The van der Waals surface area contributed by atoms with Crippen LogP contribution in [0.1, 0.15) is 30.7 Å². The molecule has 0 aliphatic heterocycles. The minimum Gasteiger partial charge on any atom is -0.378 e. The number of benzene rings is 1. The Morgan fingerprint density at radius 2 is 1.81 bits per heavy atom. The van der Waals surface area contributed by atoms with Crippen molar-refractivity contribution in [2.75, 3.05) is 25.5 Å². The molecular weight excluding hydrogens is 196 g/mol. The molecular formula is C14H22N2. The fourth-order valence-corrected chi connectivity index (χ4v) is 2.52. The SMILES string of the molecule is CN(C)c1ccc(C2CC(CCN)C2)cc1. The summed E-state index contributed by atoms with van der Waals surface area (Å²) in [5.41, 5.74) is 8.35. The predicted molar refractivity (Wildman–Crippen MR) is 69.9 cm³/mol. The van der Waals surface area contributed by atoms with Crippen LogP contribution in [0.5, 0.6) is 0 Å². The standard InChI is InChI=1S/C14H22N2/c1-16(2)14-5-3-12(4-6-14)13-9-11(10-13)7-8-15/h3-6,11,13H,7-10,15H2,1-2H3. The molecule has 0 heterocycles. The maximum Gasteiger partial charge on any atom is 0.0361 e. The van der Waals surface area contributed by atoms with E-state index in [1.165, 1.54) is 30.5 Å². The third-order valence-electron chi connectivity index (χ3n) is 3.69. The molecule has 0 saturated heterocycles. The summed E-state index contributed by atoms with van der Waals surface area (Å²) >= 11 is 0. The van der Waals surface area contributed by atoms with Crippen molar-refractivity contribution < 1.29 is 0 Å². The lowest BCUT2D eigenvalue weighted by Gasteiger charge is -2.35. The van der Waals surface area contributed by atoms with E-state index in [4.69, 9.17) is 5.73 Å². The van der Waals surface area contributed by atoms with Crippen LogP contribution in [0.2, 0.25) is 0 Å². The van der Waals surface area contributed by atoms with Crippen LogP contribution in [-0.2, 0) is 0 Å². The average molecular weight is 218 g/mol. The Labute approximate surface area is 98.4 Å². The van der Waals surface area contributed by atoms with Crippen LogP contribution in [0.4, 0.5) is 5.69 Å². The molecule has 1 saturated carbocycles.